The van der Waals surface area contributed by atoms with Crippen LogP contribution >= 0.6 is 0 Å². The molecule has 13 heavy (non-hydrogen) atoms. The number of rotatable bonds is 3. The largest absolute Gasteiger partial charge is 0.384 e. The quantitative estimate of drug-likeness (QED) is 0.606. The Bertz CT molecular complexity index is 176. The topological polar surface area (TPSA) is 66.6 Å². The molecule has 0 bridgehead atoms. The van der Waals surface area contributed by atoms with E-state index in [-0.39, 0.29) is 18.2 Å². The van der Waals surface area contributed by atoms with Crippen LogP contribution in [0.15, 0.2) is 0 Å². The fraction of sp³-hybridized carbons (Fsp3) is 0.889. The van der Waals surface area contributed by atoms with Crippen LogP contribution in [0, 0.1) is 5.92 Å². The first-order valence-corrected chi connectivity index (χ1v) is 4.75. The van der Waals surface area contributed by atoms with Crippen molar-refractivity contribution in [3.05, 3.63) is 0 Å². The second-order valence-electron chi connectivity index (χ2n) is 3.73. The van der Waals surface area contributed by atoms with E-state index in [0.717, 1.165) is 25.9 Å². The highest BCUT2D eigenvalue weighted by molar-refractivity contribution is 5.85. The maximum atomic E-state index is 11.5. The molecule has 1 heterocycles. The molecule has 0 spiro atoms. The van der Waals surface area contributed by atoms with Crippen LogP contribution in [0.3, 0.4) is 0 Å². The molecular weight excluding hydrogens is 168 g/mol. The van der Waals surface area contributed by atoms with Crippen LogP contribution in [0.4, 0.5) is 0 Å². The van der Waals surface area contributed by atoms with E-state index < -0.39 is 6.10 Å². The van der Waals surface area contributed by atoms with Gasteiger partial charge >= 0.3 is 0 Å². The smallest absolute Gasteiger partial charge is 0.165 e. The van der Waals surface area contributed by atoms with Gasteiger partial charge in [-0.3, -0.25) is 4.79 Å². The van der Waals surface area contributed by atoms with Gasteiger partial charge in [-0.25, -0.2) is 0 Å². The zero-order valence-electron chi connectivity index (χ0n) is 8.07. The van der Waals surface area contributed by atoms with E-state index in [1.165, 1.54) is 0 Å². The lowest BCUT2D eigenvalue weighted by atomic mass is 9.90. The average molecular weight is 186 g/mol. The first kappa shape index (κ1) is 10.6. The Morgan fingerprint density at radius 1 is 1.62 bits per heavy atom. The number of aliphatic hydroxyl groups excluding tert-OH is 1. The summed E-state index contributed by atoms with van der Waals surface area (Å²) < 4.78 is 0. The number of hydrogen-bond donors (Lipinski definition) is 2. The molecule has 1 rings (SSSR count). The first-order chi connectivity index (χ1) is 6.15. The van der Waals surface area contributed by atoms with Gasteiger partial charge in [0.05, 0.1) is 0 Å². The zero-order valence-corrected chi connectivity index (χ0v) is 8.07. The number of aliphatic hydroxyl groups is 1. The lowest BCUT2D eigenvalue weighted by Crippen LogP contribution is -2.40. The Hall–Kier alpha value is -0.450. The molecule has 0 aromatic rings. The van der Waals surface area contributed by atoms with Crippen LogP contribution < -0.4 is 5.73 Å². The second-order valence-corrected chi connectivity index (χ2v) is 3.73. The molecule has 0 aliphatic carbocycles. The van der Waals surface area contributed by atoms with Crippen LogP contribution in [0.25, 0.3) is 0 Å². The van der Waals surface area contributed by atoms with Crippen molar-refractivity contribution in [1.29, 1.82) is 0 Å². The van der Waals surface area contributed by atoms with Crippen LogP contribution in [0.2, 0.25) is 0 Å². The number of nitrogens with two attached hydrogens (primary N) is 1. The molecule has 1 aliphatic heterocycles. The molecule has 0 saturated carbocycles. The van der Waals surface area contributed by atoms with Crippen molar-refractivity contribution in [1.82, 2.24) is 4.90 Å². The zero-order chi connectivity index (χ0) is 9.84. The average Bonchev–Trinajstić information content (AvgIpc) is 2.17. The number of carbonyl (C=O) groups excluding carboxylic acids is 1. The predicted molar refractivity (Wildman–Crippen MR) is 50.3 cm³/mol. The van der Waals surface area contributed by atoms with Gasteiger partial charge in [0.25, 0.3) is 0 Å². The molecular formula is C9H18N2O2. The number of ketones is 1. The third-order valence-electron chi connectivity index (χ3n) is 2.67. The Morgan fingerprint density at radius 2 is 2.15 bits per heavy atom. The highest BCUT2D eigenvalue weighted by Crippen LogP contribution is 2.17. The van der Waals surface area contributed by atoms with Gasteiger partial charge in [-0.05, 0) is 33.0 Å². The normalized spacial score (nSPS) is 23.0. The summed E-state index contributed by atoms with van der Waals surface area (Å²) >= 11 is 0. The molecule has 1 atom stereocenters. The highest BCUT2D eigenvalue weighted by atomic mass is 16.3. The van der Waals surface area contributed by atoms with Crippen molar-refractivity contribution in [2.24, 2.45) is 11.7 Å². The summed E-state index contributed by atoms with van der Waals surface area (Å²) in [6.45, 7) is 1.92. The summed E-state index contributed by atoms with van der Waals surface area (Å²) in [5.41, 5.74) is 5.23. The van der Waals surface area contributed by atoms with E-state index in [1.807, 2.05) is 7.05 Å². The number of piperidine rings is 1. The van der Waals surface area contributed by atoms with Gasteiger partial charge in [0.15, 0.2) is 5.78 Å². The van der Waals surface area contributed by atoms with Gasteiger partial charge < -0.3 is 15.7 Å². The summed E-state index contributed by atoms with van der Waals surface area (Å²) in [5.74, 6) is -0.0506. The third kappa shape index (κ3) is 2.76. The summed E-state index contributed by atoms with van der Waals surface area (Å²) in [6.07, 6.45) is 0.757. The van der Waals surface area contributed by atoms with Crippen molar-refractivity contribution in [2.75, 3.05) is 26.7 Å². The third-order valence-corrected chi connectivity index (χ3v) is 2.67. The molecule has 0 aromatic heterocycles. The minimum atomic E-state index is -0.951. The minimum Gasteiger partial charge on any atom is -0.384 e. The van der Waals surface area contributed by atoms with Crippen molar-refractivity contribution < 1.29 is 9.90 Å². The Kier molecular flexibility index (Phi) is 3.84. The highest BCUT2D eigenvalue weighted by Gasteiger charge is 2.27. The second kappa shape index (κ2) is 4.69. The van der Waals surface area contributed by atoms with E-state index in [4.69, 9.17) is 5.73 Å². The Balaban J connectivity index is 2.40. The molecule has 4 nitrogen and oxygen atoms in total. The Labute approximate surface area is 78.7 Å². The molecule has 0 amide bonds. The van der Waals surface area contributed by atoms with E-state index in [1.54, 1.807) is 0 Å². The van der Waals surface area contributed by atoms with Crippen LogP contribution in [-0.4, -0.2) is 48.6 Å². The molecule has 0 radical (unpaired) electrons. The standard InChI is InChI=1S/C9H18N2O2/c1-11-4-2-7(3-5-11)9(13)8(12)6-10/h7-8,12H,2-6,10H2,1H3. The fourth-order valence-corrected chi connectivity index (χ4v) is 1.68. The van der Waals surface area contributed by atoms with Crippen molar-refractivity contribution >= 4 is 5.78 Å². The summed E-state index contributed by atoms with van der Waals surface area (Å²) in [4.78, 5) is 13.7. The minimum absolute atomic E-state index is 0.0229. The SMILES string of the molecule is CN1CCC(C(=O)C(O)CN)CC1. The number of nitrogens with zero attached hydrogens (tertiary/aromatic N) is 1. The lowest BCUT2D eigenvalue weighted by Gasteiger charge is -2.28. The lowest BCUT2D eigenvalue weighted by molar-refractivity contribution is -0.132. The van der Waals surface area contributed by atoms with Crippen LogP contribution in [-0.2, 0) is 4.79 Å². The van der Waals surface area contributed by atoms with E-state index in [9.17, 15) is 9.90 Å². The molecule has 3 N–H and O–H groups in total. The van der Waals surface area contributed by atoms with Crippen molar-refractivity contribution in [3.8, 4) is 0 Å². The fourth-order valence-electron chi connectivity index (χ4n) is 1.68. The number of carbonyl (C=O) groups is 1. The first-order valence-electron chi connectivity index (χ1n) is 4.75. The monoisotopic (exact) mass is 186 g/mol. The van der Waals surface area contributed by atoms with Gasteiger partial charge in [-0.2, -0.15) is 0 Å². The van der Waals surface area contributed by atoms with Gasteiger partial charge in [-0.15, -0.1) is 0 Å². The molecule has 1 fully saturated rings. The summed E-state index contributed by atoms with van der Waals surface area (Å²) in [5, 5.41) is 9.26. The maximum absolute atomic E-state index is 11.5. The number of hydrogen-bond acceptors (Lipinski definition) is 4. The van der Waals surface area contributed by atoms with E-state index in [0.29, 0.717) is 0 Å². The number of likely N-dealkylation sites (tertiary alicyclic amines) is 1. The molecule has 0 aromatic carbocycles. The van der Waals surface area contributed by atoms with E-state index >= 15 is 0 Å². The van der Waals surface area contributed by atoms with Gasteiger partial charge in [0, 0.05) is 12.5 Å². The van der Waals surface area contributed by atoms with Gasteiger partial charge in [0.1, 0.15) is 6.10 Å². The van der Waals surface area contributed by atoms with E-state index in [2.05, 4.69) is 4.90 Å². The Morgan fingerprint density at radius 3 is 2.62 bits per heavy atom. The molecule has 1 unspecified atom stereocenters. The van der Waals surface area contributed by atoms with Crippen LogP contribution in [0.5, 0.6) is 0 Å². The van der Waals surface area contributed by atoms with Gasteiger partial charge in [-0.1, -0.05) is 0 Å². The molecule has 76 valence electrons. The summed E-state index contributed by atoms with van der Waals surface area (Å²) in [6, 6.07) is 0. The maximum Gasteiger partial charge on any atom is 0.165 e. The van der Waals surface area contributed by atoms with Crippen molar-refractivity contribution in [3.63, 3.8) is 0 Å². The molecule has 1 aliphatic rings. The molecule has 4 heteroatoms. The van der Waals surface area contributed by atoms with Crippen LogP contribution in [0.1, 0.15) is 12.8 Å². The molecule has 1 saturated heterocycles. The van der Waals surface area contributed by atoms with Crippen molar-refractivity contribution in [2.45, 2.75) is 18.9 Å². The van der Waals surface area contributed by atoms with Gasteiger partial charge in [0.2, 0.25) is 0 Å². The predicted octanol–water partition coefficient (Wildman–Crippen LogP) is -0.783. The number of Topliss-reactive ketones (excluding diaryl/α,β-unsaturated/α-hetero) is 1. The summed E-state index contributed by atoms with van der Waals surface area (Å²) in [7, 11) is 2.04.